The van der Waals surface area contributed by atoms with Crippen LogP contribution in [0.4, 0.5) is 5.69 Å². The number of carbonyl (C=O) groups is 1. The Bertz CT molecular complexity index is 881. The van der Waals surface area contributed by atoms with Gasteiger partial charge in [0.1, 0.15) is 5.75 Å². The van der Waals surface area contributed by atoms with Crippen LogP contribution in [-0.4, -0.2) is 26.7 Å². The quantitative estimate of drug-likeness (QED) is 0.863. The first-order valence-corrected chi connectivity index (χ1v) is 10.2. The lowest BCUT2D eigenvalue weighted by Gasteiger charge is -2.20. The fourth-order valence-corrected chi connectivity index (χ4v) is 3.01. The average Bonchev–Trinajstić information content (AvgIpc) is 2.54. The van der Waals surface area contributed by atoms with Crippen LogP contribution in [0.2, 0.25) is 0 Å². The molecule has 2 rings (SSSR count). The zero-order chi connectivity index (χ0) is 19.5. The monoisotopic (exact) mass is 375 g/mol. The summed E-state index contributed by atoms with van der Waals surface area (Å²) in [4.78, 5) is 12.5. The molecule has 6 heteroatoms. The summed E-state index contributed by atoms with van der Waals surface area (Å²) in [5, 5.41) is 2.68. The number of carbonyl (C=O) groups excluding carboxylic acids is 1. The van der Waals surface area contributed by atoms with Gasteiger partial charge in [-0.2, -0.15) is 0 Å². The normalized spacial score (nSPS) is 13.1. The maximum absolute atomic E-state index is 12.3. The van der Waals surface area contributed by atoms with Crippen molar-refractivity contribution in [3.05, 3.63) is 54.1 Å². The second-order valence-electron chi connectivity index (χ2n) is 7.32. The first-order valence-electron chi connectivity index (χ1n) is 8.35. The van der Waals surface area contributed by atoms with Gasteiger partial charge >= 0.3 is 0 Å². The molecule has 0 aliphatic rings. The summed E-state index contributed by atoms with van der Waals surface area (Å²) in [7, 11) is -3.33. The van der Waals surface area contributed by atoms with Gasteiger partial charge in [-0.05, 0) is 48.2 Å². The molecule has 1 amide bonds. The molecule has 0 aliphatic heterocycles. The Morgan fingerprint density at radius 3 is 2.23 bits per heavy atom. The Kier molecular flexibility index (Phi) is 5.76. The topological polar surface area (TPSA) is 72.5 Å². The molecule has 1 atom stereocenters. The zero-order valence-corrected chi connectivity index (χ0v) is 16.6. The highest BCUT2D eigenvalue weighted by molar-refractivity contribution is 7.90. The van der Waals surface area contributed by atoms with Crippen LogP contribution in [0.5, 0.6) is 5.75 Å². The van der Waals surface area contributed by atoms with Crippen LogP contribution in [0.25, 0.3) is 0 Å². The van der Waals surface area contributed by atoms with Crippen LogP contribution in [0.3, 0.4) is 0 Å². The zero-order valence-electron chi connectivity index (χ0n) is 15.7. The maximum Gasteiger partial charge on any atom is 0.265 e. The van der Waals surface area contributed by atoms with E-state index in [2.05, 4.69) is 26.1 Å². The van der Waals surface area contributed by atoms with Crippen LogP contribution in [0, 0.1) is 0 Å². The summed E-state index contributed by atoms with van der Waals surface area (Å²) in [5.74, 6) is 0.251. The minimum absolute atomic E-state index is 0.0478. The van der Waals surface area contributed by atoms with E-state index in [1.165, 1.54) is 17.7 Å². The summed E-state index contributed by atoms with van der Waals surface area (Å²) < 4.78 is 28.9. The van der Waals surface area contributed by atoms with Gasteiger partial charge in [-0.3, -0.25) is 4.79 Å². The second-order valence-corrected chi connectivity index (χ2v) is 9.34. The van der Waals surface area contributed by atoms with Crippen molar-refractivity contribution in [1.82, 2.24) is 0 Å². The van der Waals surface area contributed by atoms with E-state index in [0.717, 1.165) is 6.26 Å². The maximum atomic E-state index is 12.3. The molecule has 0 radical (unpaired) electrons. The van der Waals surface area contributed by atoms with Gasteiger partial charge < -0.3 is 10.1 Å². The number of amides is 1. The van der Waals surface area contributed by atoms with E-state index in [4.69, 9.17) is 4.74 Å². The van der Waals surface area contributed by atoms with E-state index in [0.29, 0.717) is 11.4 Å². The average molecular weight is 375 g/mol. The van der Waals surface area contributed by atoms with E-state index in [9.17, 15) is 13.2 Å². The first kappa shape index (κ1) is 20.0. The van der Waals surface area contributed by atoms with Crippen LogP contribution in [0.1, 0.15) is 33.3 Å². The lowest BCUT2D eigenvalue weighted by molar-refractivity contribution is -0.122. The smallest absolute Gasteiger partial charge is 0.265 e. The predicted octanol–water partition coefficient (Wildman–Crippen LogP) is 3.79. The third kappa shape index (κ3) is 5.33. The van der Waals surface area contributed by atoms with Crippen molar-refractivity contribution in [2.24, 2.45) is 0 Å². The lowest BCUT2D eigenvalue weighted by Crippen LogP contribution is -2.30. The van der Waals surface area contributed by atoms with Crippen molar-refractivity contribution in [3.63, 3.8) is 0 Å². The Morgan fingerprint density at radius 1 is 1.08 bits per heavy atom. The van der Waals surface area contributed by atoms with Crippen molar-refractivity contribution in [2.45, 2.75) is 44.1 Å². The summed E-state index contributed by atoms with van der Waals surface area (Å²) in [5.41, 5.74) is 1.64. The molecule has 0 unspecified atom stereocenters. The molecular formula is C20H25NO4S. The molecule has 0 aromatic heterocycles. The number of hydrogen-bond acceptors (Lipinski definition) is 4. The fraction of sp³-hybridized carbons (Fsp3) is 0.350. The highest BCUT2D eigenvalue weighted by Gasteiger charge is 2.17. The van der Waals surface area contributed by atoms with Crippen molar-refractivity contribution in [3.8, 4) is 5.75 Å². The number of ether oxygens (including phenoxy) is 1. The Hall–Kier alpha value is -2.34. The van der Waals surface area contributed by atoms with Crippen LogP contribution in [-0.2, 0) is 20.0 Å². The summed E-state index contributed by atoms with van der Waals surface area (Å²) in [6.07, 6.45) is 0.401. The molecule has 0 saturated carbocycles. The second kappa shape index (κ2) is 7.50. The van der Waals surface area contributed by atoms with Crippen molar-refractivity contribution in [1.29, 1.82) is 0 Å². The third-order valence-electron chi connectivity index (χ3n) is 3.93. The molecule has 0 aliphatic carbocycles. The number of nitrogens with one attached hydrogen (secondary N) is 1. The largest absolute Gasteiger partial charge is 0.481 e. The van der Waals surface area contributed by atoms with E-state index < -0.39 is 15.9 Å². The number of hydrogen-bond donors (Lipinski definition) is 1. The van der Waals surface area contributed by atoms with Gasteiger partial charge in [0, 0.05) is 11.9 Å². The van der Waals surface area contributed by atoms with Gasteiger partial charge in [-0.1, -0.05) is 39.0 Å². The summed E-state index contributed by atoms with van der Waals surface area (Å²) in [6.45, 7) is 8.03. The molecule has 0 heterocycles. The van der Waals surface area contributed by atoms with Crippen LogP contribution < -0.4 is 10.1 Å². The van der Waals surface area contributed by atoms with E-state index in [1.54, 1.807) is 19.1 Å². The number of rotatable bonds is 5. The van der Waals surface area contributed by atoms with Gasteiger partial charge in [-0.25, -0.2) is 8.42 Å². The predicted molar refractivity (Wildman–Crippen MR) is 103 cm³/mol. The van der Waals surface area contributed by atoms with Gasteiger partial charge in [0.15, 0.2) is 15.9 Å². The molecule has 5 nitrogen and oxygen atoms in total. The fourth-order valence-electron chi connectivity index (χ4n) is 2.34. The SMILES string of the molecule is C[C@@H](Oc1ccc(C(C)(C)C)cc1)C(=O)Nc1cccc(S(C)(=O)=O)c1. The van der Waals surface area contributed by atoms with Gasteiger partial charge in [-0.15, -0.1) is 0 Å². The molecule has 0 fully saturated rings. The highest BCUT2D eigenvalue weighted by Crippen LogP contribution is 2.25. The molecular weight excluding hydrogens is 350 g/mol. The van der Waals surface area contributed by atoms with Crippen LogP contribution >= 0.6 is 0 Å². The molecule has 2 aromatic carbocycles. The Labute approximate surface area is 155 Å². The van der Waals surface area contributed by atoms with Crippen molar-refractivity contribution < 1.29 is 17.9 Å². The summed E-state index contributed by atoms with van der Waals surface area (Å²) >= 11 is 0. The van der Waals surface area contributed by atoms with E-state index in [1.807, 2.05) is 24.3 Å². The number of benzene rings is 2. The lowest BCUT2D eigenvalue weighted by atomic mass is 9.87. The Balaban J connectivity index is 2.04. The van der Waals surface area contributed by atoms with Gasteiger partial charge in [0.2, 0.25) is 0 Å². The molecule has 140 valence electrons. The number of sulfone groups is 1. The molecule has 2 aromatic rings. The molecule has 0 bridgehead atoms. The minimum Gasteiger partial charge on any atom is -0.481 e. The standard InChI is InChI=1S/C20H25NO4S/c1-14(25-17-11-9-15(10-12-17)20(2,3)4)19(22)21-16-7-6-8-18(13-16)26(5,23)24/h6-14H,1-5H3,(H,21,22)/t14-/m1/s1. The van der Waals surface area contributed by atoms with E-state index >= 15 is 0 Å². The molecule has 0 saturated heterocycles. The van der Waals surface area contributed by atoms with Gasteiger partial charge in [0.25, 0.3) is 5.91 Å². The third-order valence-corrected chi connectivity index (χ3v) is 5.04. The summed E-state index contributed by atoms with van der Waals surface area (Å²) in [6, 6.07) is 13.8. The van der Waals surface area contributed by atoms with Crippen molar-refractivity contribution in [2.75, 3.05) is 11.6 Å². The number of anilines is 1. The van der Waals surface area contributed by atoms with Crippen LogP contribution in [0.15, 0.2) is 53.4 Å². The minimum atomic E-state index is -3.33. The Morgan fingerprint density at radius 2 is 1.69 bits per heavy atom. The highest BCUT2D eigenvalue weighted by atomic mass is 32.2. The molecule has 26 heavy (non-hydrogen) atoms. The molecule has 0 spiro atoms. The van der Waals surface area contributed by atoms with E-state index in [-0.39, 0.29) is 16.2 Å². The van der Waals surface area contributed by atoms with Gasteiger partial charge in [0.05, 0.1) is 4.90 Å². The first-order chi connectivity index (χ1) is 12.0. The molecule has 1 N–H and O–H groups in total. The van der Waals surface area contributed by atoms with Crippen molar-refractivity contribution >= 4 is 21.4 Å².